The first-order valence-corrected chi connectivity index (χ1v) is 11.1. The van der Waals surface area contributed by atoms with Gasteiger partial charge in [0.2, 0.25) is 0 Å². The summed E-state index contributed by atoms with van der Waals surface area (Å²) in [7, 11) is 1.86. The van der Waals surface area contributed by atoms with Gasteiger partial charge in [-0.05, 0) is 86.7 Å². The molecule has 0 bridgehead atoms. The molecule has 0 fully saturated rings. The van der Waals surface area contributed by atoms with E-state index in [0.29, 0.717) is 16.5 Å². The Morgan fingerprint density at radius 2 is 1.91 bits per heavy atom. The molecule has 0 atom stereocenters. The summed E-state index contributed by atoms with van der Waals surface area (Å²) in [5.41, 5.74) is 4.96. The molecular weight excluding hydrogens is 399 g/mol. The van der Waals surface area contributed by atoms with Crippen molar-refractivity contribution in [1.82, 2.24) is 10.6 Å². The van der Waals surface area contributed by atoms with Gasteiger partial charge < -0.3 is 10.6 Å². The lowest BCUT2D eigenvalue weighted by Crippen LogP contribution is -2.15. The number of benzene rings is 2. The van der Waals surface area contributed by atoms with Crippen LogP contribution in [0.1, 0.15) is 57.2 Å². The van der Waals surface area contributed by atoms with Crippen LogP contribution in [0, 0.1) is 18.3 Å². The Balaban J connectivity index is 2.41. The summed E-state index contributed by atoms with van der Waals surface area (Å²) in [6.45, 7) is 10.8. The van der Waals surface area contributed by atoms with Crippen molar-refractivity contribution in [2.45, 2.75) is 52.9 Å². The Labute approximate surface area is 192 Å². The van der Waals surface area contributed by atoms with Gasteiger partial charge in [0.25, 0.3) is 0 Å². The maximum Gasteiger partial charge on any atom is 0.0767 e. The van der Waals surface area contributed by atoms with Gasteiger partial charge in [-0.15, -0.1) is 0 Å². The van der Waals surface area contributed by atoms with Crippen molar-refractivity contribution in [1.29, 1.82) is 5.26 Å². The van der Waals surface area contributed by atoms with E-state index in [1.54, 1.807) is 24.3 Å². The predicted molar refractivity (Wildman–Crippen MR) is 133 cm³/mol. The maximum absolute atomic E-state index is 15.5. The number of nitriles is 1. The quantitative estimate of drug-likeness (QED) is 0.249. The number of aryl methyl sites for hydroxylation is 1. The Hall–Kier alpha value is -3.26. The Bertz CT molecular complexity index is 1010. The molecule has 2 N–H and O–H groups in total. The molecule has 2 aromatic carbocycles. The van der Waals surface area contributed by atoms with Gasteiger partial charge in [-0.2, -0.15) is 10.4 Å². The monoisotopic (exact) mass is 434 g/mol. The van der Waals surface area contributed by atoms with Crippen LogP contribution in [0.4, 0.5) is 15.9 Å². The smallest absolute Gasteiger partial charge is 0.0767 e. The van der Waals surface area contributed by atoms with Gasteiger partial charge in [0, 0.05) is 25.5 Å². The minimum Gasteiger partial charge on any atom is -0.393 e. The summed E-state index contributed by atoms with van der Waals surface area (Å²) >= 11 is 0. The molecule has 0 saturated carbocycles. The van der Waals surface area contributed by atoms with Crippen LogP contribution in [0.2, 0.25) is 0 Å². The number of anilines is 2. The highest BCUT2D eigenvalue weighted by Crippen LogP contribution is 2.33. The lowest BCUT2D eigenvalue weighted by Gasteiger charge is -2.20. The fourth-order valence-electron chi connectivity index (χ4n) is 3.37. The SMILES string of the molecule is CCCCN/C(C)=C/C(=C\NC)c1cc(N(F)c2cccc(C(C)(C)C#N)c2)ccc1C. The van der Waals surface area contributed by atoms with Crippen LogP contribution in [-0.2, 0) is 5.41 Å². The van der Waals surface area contributed by atoms with Crippen molar-refractivity contribution in [3.63, 3.8) is 0 Å². The second-order valence-electron chi connectivity index (χ2n) is 8.56. The molecule has 0 aliphatic carbocycles. The lowest BCUT2D eigenvalue weighted by atomic mass is 9.86. The van der Waals surface area contributed by atoms with Crippen LogP contribution in [0.3, 0.4) is 0 Å². The third kappa shape index (κ3) is 6.37. The largest absolute Gasteiger partial charge is 0.393 e. The predicted octanol–water partition coefficient (Wildman–Crippen LogP) is 6.67. The third-order valence-electron chi connectivity index (χ3n) is 5.44. The standard InChI is InChI=1S/C27H35FN4/c1-7-8-14-31-21(3)15-22(18-30-6)26-17-25(13-12-20(26)2)32(28)24-11-9-10-23(16-24)27(4,5)19-29/h9-13,15-18,30-31H,7-8,14H2,1-6H3/b21-15+,22-18+. The highest BCUT2D eigenvalue weighted by Gasteiger charge is 2.21. The number of nitrogens with one attached hydrogen (secondary N) is 2. The summed E-state index contributed by atoms with van der Waals surface area (Å²) in [6, 6.07) is 14.9. The molecule has 0 heterocycles. The van der Waals surface area contributed by atoms with Crippen LogP contribution in [0.5, 0.6) is 0 Å². The number of rotatable bonds is 10. The zero-order valence-corrected chi connectivity index (χ0v) is 20.1. The Morgan fingerprint density at radius 3 is 2.56 bits per heavy atom. The van der Waals surface area contributed by atoms with E-state index in [0.717, 1.165) is 47.3 Å². The zero-order chi connectivity index (χ0) is 23.7. The number of unbranched alkanes of at least 4 members (excludes halogenated alkanes) is 1. The molecule has 2 rings (SSSR count). The molecule has 4 nitrogen and oxygen atoms in total. The Morgan fingerprint density at radius 1 is 1.19 bits per heavy atom. The molecule has 0 amide bonds. The molecule has 0 aliphatic rings. The highest BCUT2D eigenvalue weighted by molar-refractivity contribution is 5.79. The van der Waals surface area contributed by atoms with Crippen LogP contribution in [-0.4, -0.2) is 13.6 Å². The minimum absolute atomic E-state index is 0.396. The molecule has 0 aromatic heterocycles. The van der Waals surface area contributed by atoms with Crippen molar-refractivity contribution in [3.8, 4) is 6.07 Å². The third-order valence-corrected chi connectivity index (χ3v) is 5.44. The van der Waals surface area contributed by atoms with E-state index < -0.39 is 5.41 Å². The summed E-state index contributed by atoms with van der Waals surface area (Å²) in [5, 5.41) is 16.6. The van der Waals surface area contributed by atoms with E-state index in [4.69, 9.17) is 0 Å². The van der Waals surface area contributed by atoms with Gasteiger partial charge in [-0.3, -0.25) is 0 Å². The number of hydrogen-bond donors (Lipinski definition) is 2. The van der Waals surface area contributed by atoms with Crippen LogP contribution < -0.4 is 15.8 Å². The lowest BCUT2D eigenvalue weighted by molar-refractivity contribution is 0.504. The molecule has 0 spiro atoms. The maximum atomic E-state index is 15.5. The number of allylic oxidation sites excluding steroid dienone is 3. The topological polar surface area (TPSA) is 51.1 Å². The van der Waals surface area contributed by atoms with Crippen molar-refractivity contribution in [2.75, 3.05) is 18.7 Å². The number of hydrogen-bond acceptors (Lipinski definition) is 4. The normalized spacial score (nSPS) is 12.3. The zero-order valence-electron chi connectivity index (χ0n) is 20.1. The minimum atomic E-state index is -0.689. The average molecular weight is 435 g/mol. The number of nitrogens with zero attached hydrogens (tertiary/aromatic N) is 2. The van der Waals surface area contributed by atoms with Gasteiger partial charge in [-0.1, -0.05) is 36.0 Å². The van der Waals surface area contributed by atoms with E-state index in [9.17, 15) is 5.26 Å². The first kappa shape index (κ1) is 25.0. The average Bonchev–Trinajstić information content (AvgIpc) is 2.79. The van der Waals surface area contributed by atoms with E-state index in [1.165, 1.54) is 0 Å². The molecular formula is C27H35FN4. The summed E-state index contributed by atoms with van der Waals surface area (Å²) in [6.07, 6.45) is 6.26. The second-order valence-corrected chi connectivity index (χ2v) is 8.56. The van der Waals surface area contributed by atoms with Crippen LogP contribution >= 0.6 is 0 Å². The van der Waals surface area contributed by atoms with Crippen molar-refractivity contribution in [2.24, 2.45) is 0 Å². The van der Waals surface area contributed by atoms with Gasteiger partial charge in [0.1, 0.15) is 0 Å². The van der Waals surface area contributed by atoms with E-state index in [1.807, 2.05) is 59.1 Å². The summed E-state index contributed by atoms with van der Waals surface area (Å²) in [5.74, 6) is 0. The molecule has 32 heavy (non-hydrogen) atoms. The fraction of sp³-hybridized carbons (Fsp3) is 0.370. The van der Waals surface area contributed by atoms with E-state index in [2.05, 4.69) is 29.7 Å². The van der Waals surface area contributed by atoms with Crippen molar-refractivity contribution in [3.05, 3.63) is 77.1 Å². The van der Waals surface area contributed by atoms with Crippen LogP contribution in [0.25, 0.3) is 5.57 Å². The first-order chi connectivity index (χ1) is 15.2. The summed E-state index contributed by atoms with van der Waals surface area (Å²) in [4.78, 5) is 0. The van der Waals surface area contributed by atoms with Gasteiger partial charge in [0.05, 0.1) is 22.9 Å². The molecule has 0 saturated heterocycles. The summed E-state index contributed by atoms with van der Waals surface area (Å²) < 4.78 is 15.5. The van der Waals surface area contributed by atoms with E-state index >= 15 is 4.48 Å². The Kier molecular flexibility index (Phi) is 8.90. The van der Waals surface area contributed by atoms with Crippen molar-refractivity contribution >= 4 is 16.9 Å². The highest BCUT2D eigenvalue weighted by atomic mass is 19.2. The van der Waals surface area contributed by atoms with Gasteiger partial charge in [0.15, 0.2) is 0 Å². The van der Waals surface area contributed by atoms with E-state index in [-0.39, 0.29) is 0 Å². The molecule has 0 radical (unpaired) electrons. The fourth-order valence-corrected chi connectivity index (χ4v) is 3.37. The molecule has 170 valence electrons. The molecule has 2 aromatic rings. The van der Waals surface area contributed by atoms with Crippen molar-refractivity contribution < 1.29 is 4.48 Å². The molecule has 0 aliphatic heterocycles. The van der Waals surface area contributed by atoms with Gasteiger partial charge in [-0.25, -0.2) is 0 Å². The molecule has 0 unspecified atom stereocenters. The number of halogens is 1. The van der Waals surface area contributed by atoms with Crippen LogP contribution in [0.15, 0.2) is 60.4 Å². The van der Waals surface area contributed by atoms with Gasteiger partial charge >= 0.3 is 0 Å². The second kappa shape index (κ2) is 11.4. The molecule has 5 heteroatoms. The first-order valence-electron chi connectivity index (χ1n) is 11.1.